The number of carbonyl (C=O) groups is 1. The molecule has 0 aliphatic carbocycles. The maximum absolute atomic E-state index is 10.5. The summed E-state index contributed by atoms with van der Waals surface area (Å²) in [5.41, 5.74) is -1.66. The SMILES string of the molecule is CCC(CC)NCC(C)(O)C(=O)O. The molecule has 1 atom stereocenters. The molecule has 1 unspecified atom stereocenters. The van der Waals surface area contributed by atoms with Crippen molar-refractivity contribution in [2.45, 2.75) is 45.3 Å². The minimum Gasteiger partial charge on any atom is -0.479 e. The first-order valence-electron chi connectivity index (χ1n) is 4.63. The van der Waals surface area contributed by atoms with E-state index in [0.717, 1.165) is 12.8 Å². The molecule has 0 amide bonds. The predicted molar refractivity (Wildman–Crippen MR) is 50.6 cm³/mol. The summed E-state index contributed by atoms with van der Waals surface area (Å²) >= 11 is 0. The number of rotatable bonds is 6. The highest BCUT2D eigenvalue weighted by atomic mass is 16.4. The van der Waals surface area contributed by atoms with E-state index in [2.05, 4.69) is 5.32 Å². The zero-order valence-electron chi connectivity index (χ0n) is 8.50. The number of carboxylic acids is 1. The highest BCUT2D eigenvalue weighted by molar-refractivity contribution is 5.76. The largest absolute Gasteiger partial charge is 0.479 e. The van der Waals surface area contributed by atoms with E-state index in [-0.39, 0.29) is 12.6 Å². The smallest absolute Gasteiger partial charge is 0.336 e. The molecular formula is C9H19NO3. The lowest BCUT2D eigenvalue weighted by Gasteiger charge is -2.22. The van der Waals surface area contributed by atoms with Gasteiger partial charge in [0.1, 0.15) is 0 Å². The van der Waals surface area contributed by atoms with Gasteiger partial charge in [0.2, 0.25) is 0 Å². The van der Waals surface area contributed by atoms with Crippen molar-refractivity contribution >= 4 is 5.97 Å². The zero-order chi connectivity index (χ0) is 10.5. The Hall–Kier alpha value is -0.610. The number of nitrogens with one attached hydrogen (secondary N) is 1. The molecule has 0 saturated heterocycles. The van der Waals surface area contributed by atoms with E-state index in [9.17, 15) is 9.90 Å². The Morgan fingerprint density at radius 2 is 1.92 bits per heavy atom. The van der Waals surface area contributed by atoms with Gasteiger partial charge in [0, 0.05) is 12.6 Å². The summed E-state index contributed by atoms with van der Waals surface area (Å²) in [6, 6.07) is 0.283. The van der Waals surface area contributed by atoms with Crippen LogP contribution in [0, 0.1) is 0 Å². The second-order valence-corrected chi connectivity index (χ2v) is 3.47. The van der Waals surface area contributed by atoms with Crippen LogP contribution in [0.15, 0.2) is 0 Å². The second kappa shape index (κ2) is 5.19. The Labute approximate surface area is 79.0 Å². The molecule has 0 aliphatic rings. The lowest BCUT2D eigenvalue weighted by atomic mass is 10.1. The highest BCUT2D eigenvalue weighted by Gasteiger charge is 2.29. The fraction of sp³-hybridized carbons (Fsp3) is 0.889. The first-order chi connectivity index (χ1) is 5.94. The third-order valence-corrected chi connectivity index (χ3v) is 2.18. The van der Waals surface area contributed by atoms with Crippen molar-refractivity contribution in [3.05, 3.63) is 0 Å². The maximum atomic E-state index is 10.5. The molecular weight excluding hydrogens is 170 g/mol. The zero-order valence-corrected chi connectivity index (χ0v) is 8.50. The molecule has 0 spiro atoms. The highest BCUT2D eigenvalue weighted by Crippen LogP contribution is 2.03. The van der Waals surface area contributed by atoms with Gasteiger partial charge in [-0.15, -0.1) is 0 Å². The van der Waals surface area contributed by atoms with Gasteiger partial charge in [-0.25, -0.2) is 4.79 Å². The molecule has 0 aromatic heterocycles. The Morgan fingerprint density at radius 3 is 2.23 bits per heavy atom. The van der Waals surface area contributed by atoms with E-state index in [1.165, 1.54) is 6.92 Å². The normalized spacial score (nSPS) is 15.8. The molecule has 13 heavy (non-hydrogen) atoms. The summed E-state index contributed by atoms with van der Waals surface area (Å²) in [6.45, 7) is 5.44. The number of aliphatic carboxylic acids is 1. The van der Waals surface area contributed by atoms with E-state index in [0.29, 0.717) is 0 Å². The molecule has 0 rings (SSSR count). The fourth-order valence-electron chi connectivity index (χ4n) is 0.996. The first-order valence-corrected chi connectivity index (χ1v) is 4.63. The van der Waals surface area contributed by atoms with E-state index < -0.39 is 11.6 Å². The van der Waals surface area contributed by atoms with Gasteiger partial charge >= 0.3 is 5.97 Å². The van der Waals surface area contributed by atoms with Crippen LogP contribution in [0.5, 0.6) is 0 Å². The van der Waals surface area contributed by atoms with Crippen LogP contribution in [0.1, 0.15) is 33.6 Å². The van der Waals surface area contributed by atoms with Crippen molar-refractivity contribution in [1.29, 1.82) is 0 Å². The van der Waals surface area contributed by atoms with Crippen molar-refractivity contribution in [3.8, 4) is 0 Å². The van der Waals surface area contributed by atoms with Gasteiger partial charge in [-0.05, 0) is 19.8 Å². The van der Waals surface area contributed by atoms with Gasteiger partial charge in [-0.3, -0.25) is 0 Å². The lowest BCUT2D eigenvalue weighted by Crippen LogP contribution is -2.47. The maximum Gasteiger partial charge on any atom is 0.336 e. The van der Waals surface area contributed by atoms with Gasteiger partial charge in [0.05, 0.1) is 0 Å². The van der Waals surface area contributed by atoms with E-state index >= 15 is 0 Å². The predicted octanol–water partition coefficient (Wildman–Crippen LogP) is 0.600. The number of hydrogen-bond donors (Lipinski definition) is 3. The number of aliphatic hydroxyl groups is 1. The van der Waals surface area contributed by atoms with Gasteiger partial charge in [-0.2, -0.15) is 0 Å². The van der Waals surface area contributed by atoms with Crippen LogP contribution in [-0.2, 0) is 4.79 Å². The molecule has 0 heterocycles. The minimum atomic E-state index is -1.66. The quantitative estimate of drug-likeness (QED) is 0.572. The summed E-state index contributed by atoms with van der Waals surface area (Å²) < 4.78 is 0. The average molecular weight is 189 g/mol. The first kappa shape index (κ1) is 12.4. The third-order valence-electron chi connectivity index (χ3n) is 2.18. The fourth-order valence-corrected chi connectivity index (χ4v) is 0.996. The van der Waals surface area contributed by atoms with Crippen molar-refractivity contribution in [2.75, 3.05) is 6.54 Å². The van der Waals surface area contributed by atoms with Crippen LogP contribution < -0.4 is 5.32 Å². The van der Waals surface area contributed by atoms with Crippen molar-refractivity contribution in [1.82, 2.24) is 5.32 Å². The summed E-state index contributed by atoms with van der Waals surface area (Å²) in [7, 11) is 0. The van der Waals surface area contributed by atoms with Crippen LogP contribution in [0.4, 0.5) is 0 Å². The molecule has 0 saturated carbocycles. The molecule has 4 nitrogen and oxygen atoms in total. The monoisotopic (exact) mass is 189 g/mol. The molecule has 0 fully saturated rings. The van der Waals surface area contributed by atoms with Gasteiger partial charge < -0.3 is 15.5 Å². The van der Waals surface area contributed by atoms with E-state index in [1.54, 1.807) is 0 Å². The number of hydrogen-bond acceptors (Lipinski definition) is 3. The average Bonchev–Trinajstić information content (AvgIpc) is 2.06. The second-order valence-electron chi connectivity index (χ2n) is 3.47. The van der Waals surface area contributed by atoms with E-state index in [1.807, 2.05) is 13.8 Å². The molecule has 4 heteroatoms. The van der Waals surface area contributed by atoms with E-state index in [4.69, 9.17) is 5.11 Å². The van der Waals surface area contributed by atoms with Gasteiger partial charge in [0.25, 0.3) is 0 Å². The van der Waals surface area contributed by atoms with Crippen LogP contribution in [-0.4, -0.2) is 34.4 Å². The van der Waals surface area contributed by atoms with Gasteiger partial charge in [0.15, 0.2) is 5.60 Å². The Kier molecular flexibility index (Phi) is 4.95. The van der Waals surface area contributed by atoms with Crippen LogP contribution in [0.25, 0.3) is 0 Å². The molecule has 0 aliphatic heterocycles. The molecule has 0 bridgehead atoms. The third kappa shape index (κ3) is 4.24. The lowest BCUT2D eigenvalue weighted by molar-refractivity contribution is -0.156. The Bertz CT molecular complexity index is 164. The van der Waals surface area contributed by atoms with Crippen molar-refractivity contribution < 1.29 is 15.0 Å². The van der Waals surface area contributed by atoms with Gasteiger partial charge in [-0.1, -0.05) is 13.8 Å². The Balaban J connectivity index is 3.92. The summed E-state index contributed by atoms with van der Waals surface area (Å²) in [5, 5.41) is 21.0. The topological polar surface area (TPSA) is 69.6 Å². The minimum absolute atomic E-state index is 0.0919. The summed E-state index contributed by atoms with van der Waals surface area (Å²) in [5.74, 6) is -1.19. The molecule has 3 N–H and O–H groups in total. The molecule has 0 aromatic rings. The number of carboxylic acid groups (broad SMARTS) is 1. The molecule has 0 aromatic carbocycles. The molecule has 78 valence electrons. The van der Waals surface area contributed by atoms with Crippen molar-refractivity contribution in [2.24, 2.45) is 0 Å². The Morgan fingerprint density at radius 1 is 1.46 bits per heavy atom. The van der Waals surface area contributed by atoms with Crippen LogP contribution >= 0.6 is 0 Å². The van der Waals surface area contributed by atoms with Crippen molar-refractivity contribution in [3.63, 3.8) is 0 Å². The van der Waals surface area contributed by atoms with Crippen LogP contribution in [0.3, 0.4) is 0 Å². The van der Waals surface area contributed by atoms with Crippen LogP contribution in [0.2, 0.25) is 0 Å². The molecule has 0 radical (unpaired) electrons. The summed E-state index contributed by atoms with van der Waals surface area (Å²) in [4.78, 5) is 10.5. The summed E-state index contributed by atoms with van der Waals surface area (Å²) in [6.07, 6.45) is 1.87. The standard InChI is InChI=1S/C9H19NO3/c1-4-7(5-2)10-6-9(3,13)8(11)12/h7,10,13H,4-6H2,1-3H3,(H,11,12).